The van der Waals surface area contributed by atoms with Crippen molar-refractivity contribution in [2.75, 3.05) is 12.3 Å². The number of nitrogens with two attached hydrogens (primary N) is 1. The van der Waals surface area contributed by atoms with Crippen LogP contribution >= 0.6 is 0 Å². The van der Waals surface area contributed by atoms with E-state index in [4.69, 9.17) is 10.5 Å². The monoisotopic (exact) mass is 266 g/mol. The molecular formula is C13H22N4O2. The average molecular weight is 266 g/mol. The molecule has 0 aromatic carbocycles. The van der Waals surface area contributed by atoms with Crippen molar-refractivity contribution in [3.63, 3.8) is 0 Å². The lowest BCUT2D eigenvalue weighted by molar-refractivity contribution is 0.0721. The van der Waals surface area contributed by atoms with Crippen molar-refractivity contribution >= 4 is 11.6 Å². The number of nitrogen functional groups attached to an aromatic ring is 1. The van der Waals surface area contributed by atoms with Gasteiger partial charge in [-0.2, -0.15) is 5.10 Å². The maximum Gasteiger partial charge on any atom is 0.272 e. The third-order valence-electron chi connectivity index (χ3n) is 4.00. The van der Waals surface area contributed by atoms with Crippen molar-refractivity contribution in [3.05, 3.63) is 11.4 Å². The molecule has 6 nitrogen and oxygen atoms in total. The van der Waals surface area contributed by atoms with Gasteiger partial charge in [0.25, 0.3) is 5.91 Å². The zero-order valence-corrected chi connectivity index (χ0v) is 12.0. The van der Waals surface area contributed by atoms with Crippen molar-refractivity contribution in [3.8, 4) is 0 Å². The van der Waals surface area contributed by atoms with E-state index in [2.05, 4.69) is 10.4 Å². The molecule has 1 fully saturated rings. The lowest BCUT2D eigenvalue weighted by Gasteiger charge is -2.28. The highest BCUT2D eigenvalue weighted by molar-refractivity contribution is 5.98. The molecule has 1 aromatic rings. The third-order valence-corrected chi connectivity index (χ3v) is 4.00. The van der Waals surface area contributed by atoms with Gasteiger partial charge in [-0.3, -0.25) is 9.48 Å². The Kier molecular flexibility index (Phi) is 3.54. The van der Waals surface area contributed by atoms with Gasteiger partial charge in [-0.25, -0.2) is 0 Å². The fraction of sp³-hybridized carbons (Fsp3) is 0.692. The first-order valence-corrected chi connectivity index (χ1v) is 6.64. The first-order valence-electron chi connectivity index (χ1n) is 6.64. The summed E-state index contributed by atoms with van der Waals surface area (Å²) < 4.78 is 7.07. The van der Waals surface area contributed by atoms with Gasteiger partial charge in [-0.05, 0) is 26.7 Å². The molecule has 0 bridgehead atoms. The molecule has 1 saturated heterocycles. The van der Waals surface area contributed by atoms with E-state index in [0.29, 0.717) is 24.4 Å². The van der Waals surface area contributed by atoms with Crippen LogP contribution in [-0.2, 0) is 18.2 Å². The molecule has 0 aliphatic carbocycles. The summed E-state index contributed by atoms with van der Waals surface area (Å²) in [4.78, 5) is 12.4. The molecule has 2 rings (SSSR count). The van der Waals surface area contributed by atoms with Gasteiger partial charge < -0.3 is 15.8 Å². The summed E-state index contributed by atoms with van der Waals surface area (Å²) in [6.07, 6.45) is 1.51. The van der Waals surface area contributed by atoms with Gasteiger partial charge in [-0.1, -0.05) is 6.92 Å². The molecule has 0 spiro atoms. The number of hydrogen-bond donors (Lipinski definition) is 2. The number of ether oxygens (including phenoxy) is 1. The Balaban J connectivity index is 2.23. The highest BCUT2D eigenvalue weighted by atomic mass is 16.5. The highest BCUT2D eigenvalue weighted by Gasteiger charge is 2.39. The van der Waals surface area contributed by atoms with E-state index in [1.165, 1.54) is 0 Å². The van der Waals surface area contributed by atoms with Gasteiger partial charge in [0, 0.05) is 13.7 Å². The number of amides is 1. The molecule has 1 aromatic heterocycles. The van der Waals surface area contributed by atoms with E-state index in [9.17, 15) is 4.79 Å². The summed E-state index contributed by atoms with van der Waals surface area (Å²) in [5.41, 5.74) is 7.30. The molecule has 0 saturated carbocycles. The molecule has 2 unspecified atom stereocenters. The van der Waals surface area contributed by atoms with E-state index in [0.717, 1.165) is 12.1 Å². The summed E-state index contributed by atoms with van der Waals surface area (Å²) in [5, 5.41) is 7.30. The zero-order chi connectivity index (χ0) is 14.2. The second-order valence-electron chi connectivity index (χ2n) is 5.32. The average Bonchev–Trinajstić information content (AvgIpc) is 2.80. The number of nitrogens with one attached hydrogen (secondary N) is 1. The third kappa shape index (κ3) is 2.32. The zero-order valence-electron chi connectivity index (χ0n) is 12.0. The Morgan fingerprint density at radius 1 is 1.68 bits per heavy atom. The highest BCUT2D eigenvalue weighted by Crippen LogP contribution is 2.26. The van der Waals surface area contributed by atoms with Crippen LogP contribution in [0.3, 0.4) is 0 Å². The lowest BCUT2D eigenvalue weighted by Crippen LogP contribution is -2.51. The van der Waals surface area contributed by atoms with E-state index >= 15 is 0 Å². The number of carbonyl (C=O) groups is 1. The summed E-state index contributed by atoms with van der Waals surface area (Å²) in [6, 6.07) is 0. The van der Waals surface area contributed by atoms with E-state index in [-0.39, 0.29) is 17.6 Å². The fourth-order valence-corrected chi connectivity index (χ4v) is 2.44. The molecule has 0 radical (unpaired) electrons. The van der Waals surface area contributed by atoms with Crippen molar-refractivity contribution < 1.29 is 9.53 Å². The molecule has 6 heteroatoms. The molecule has 106 valence electrons. The molecule has 1 amide bonds. The number of rotatable bonds is 3. The lowest BCUT2D eigenvalue weighted by atomic mass is 9.94. The van der Waals surface area contributed by atoms with Gasteiger partial charge in [-0.15, -0.1) is 0 Å². The van der Waals surface area contributed by atoms with Crippen LogP contribution in [0.1, 0.15) is 43.4 Å². The predicted molar refractivity (Wildman–Crippen MR) is 72.9 cm³/mol. The second-order valence-corrected chi connectivity index (χ2v) is 5.32. The minimum Gasteiger partial charge on any atom is -0.395 e. The topological polar surface area (TPSA) is 82.2 Å². The van der Waals surface area contributed by atoms with Crippen LogP contribution in [0, 0.1) is 0 Å². The van der Waals surface area contributed by atoms with E-state index < -0.39 is 0 Å². The minimum absolute atomic E-state index is 0.00320. The number of anilines is 1. The van der Waals surface area contributed by atoms with Gasteiger partial charge in [0.1, 0.15) is 5.69 Å². The summed E-state index contributed by atoms with van der Waals surface area (Å²) in [6.45, 7) is 6.60. The van der Waals surface area contributed by atoms with Crippen molar-refractivity contribution in [2.45, 2.75) is 45.3 Å². The normalized spacial score (nSPS) is 26.6. The van der Waals surface area contributed by atoms with Crippen LogP contribution in [0.2, 0.25) is 0 Å². The SMILES string of the molecule is CCc1nn(C)c(C(=O)NC2(C)CCOC2C)c1N. The molecule has 19 heavy (non-hydrogen) atoms. The minimum atomic E-state index is -0.347. The Morgan fingerprint density at radius 3 is 2.84 bits per heavy atom. The standard InChI is InChI=1S/C13H22N4O2/c1-5-9-10(14)11(17(4)16-9)12(18)15-13(3)6-7-19-8(13)2/h8H,5-7,14H2,1-4H3,(H,15,18). The predicted octanol–water partition coefficient (Wildman–Crippen LogP) is 0.862. The maximum absolute atomic E-state index is 12.4. The van der Waals surface area contributed by atoms with Crippen LogP contribution in [0.15, 0.2) is 0 Å². The van der Waals surface area contributed by atoms with Crippen molar-refractivity contribution in [1.29, 1.82) is 0 Å². The molecule has 1 aliphatic heterocycles. The number of hydrogen-bond acceptors (Lipinski definition) is 4. The Bertz CT molecular complexity index is 497. The Morgan fingerprint density at radius 2 is 2.37 bits per heavy atom. The van der Waals surface area contributed by atoms with Crippen LogP contribution in [0.4, 0.5) is 5.69 Å². The summed E-state index contributed by atoms with van der Waals surface area (Å²) >= 11 is 0. The smallest absolute Gasteiger partial charge is 0.272 e. The molecule has 1 aliphatic rings. The van der Waals surface area contributed by atoms with Crippen LogP contribution in [0.5, 0.6) is 0 Å². The number of carbonyl (C=O) groups excluding carboxylic acids is 1. The molecule has 2 heterocycles. The fourth-order valence-electron chi connectivity index (χ4n) is 2.44. The summed E-state index contributed by atoms with van der Waals surface area (Å²) in [7, 11) is 1.74. The first kappa shape index (κ1) is 13.9. The van der Waals surface area contributed by atoms with Crippen molar-refractivity contribution in [1.82, 2.24) is 15.1 Å². The second kappa shape index (κ2) is 4.85. The largest absolute Gasteiger partial charge is 0.395 e. The van der Waals surface area contributed by atoms with Crippen LogP contribution < -0.4 is 11.1 Å². The van der Waals surface area contributed by atoms with E-state index in [1.54, 1.807) is 11.7 Å². The first-order chi connectivity index (χ1) is 8.89. The van der Waals surface area contributed by atoms with Gasteiger partial charge in [0.15, 0.2) is 0 Å². The molecule has 3 N–H and O–H groups in total. The Hall–Kier alpha value is -1.56. The van der Waals surface area contributed by atoms with Crippen LogP contribution in [0.25, 0.3) is 0 Å². The number of aryl methyl sites for hydroxylation is 2. The van der Waals surface area contributed by atoms with Gasteiger partial charge >= 0.3 is 0 Å². The maximum atomic E-state index is 12.4. The van der Waals surface area contributed by atoms with Crippen molar-refractivity contribution in [2.24, 2.45) is 7.05 Å². The number of aromatic nitrogens is 2. The van der Waals surface area contributed by atoms with Gasteiger partial charge in [0.2, 0.25) is 0 Å². The van der Waals surface area contributed by atoms with E-state index in [1.807, 2.05) is 20.8 Å². The Labute approximate surface area is 113 Å². The number of nitrogens with zero attached hydrogens (tertiary/aromatic N) is 2. The van der Waals surface area contributed by atoms with Gasteiger partial charge in [0.05, 0.1) is 23.0 Å². The quantitative estimate of drug-likeness (QED) is 0.850. The molecular weight excluding hydrogens is 244 g/mol. The molecule has 2 atom stereocenters. The van der Waals surface area contributed by atoms with Crippen LogP contribution in [-0.4, -0.2) is 33.9 Å². The summed E-state index contributed by atoms with van der Waals surface area (Å²) in [5.74, 6) is -0.188.